The molecule has 6 nitrogen and oxygen atoms in total. The molecule has 2 heterocycles. The van der Waals surface area contributed by atoms with E-state index >= 15 is 0 Å². The second-order valence-electron chi connectivity index (χ2n) is 4.72. The lowest BCUT2D eigenvalue weighted by molar-refractivity contribution is 0.182. The van der Waals surface area contributed by atoms with Crippen LogP contribution in [0.15, 0.2) is 12.4 Å². The number of hydrogen-bond acceptors (Lipinski definition) is 4. The molecule has 4 N–H and O–H groups in total. The minimum absolute atomic E-state index is 0.259. The molecule has 1 aromatic rings. The summed E-state index contributed by atoms with van der Waals surface area (Å²) in [7, 11) is 0. The van der Waals surface area contributed by atoms with Crippen molar-refractivity contribution in [2.24, 2.45) is 0 Å². The second kappa shape index (κ2) is 4.32. The minimum atomic E-state index is -1.08. The molecule has 0 saturated carbocycles. The molecule has 0 bridgehead atoms. The van der Waals surface area contributed by atoms with Crippen LogP contribution in [0.3, 0.4) is 0 Å². The second-order valence-corrected chi connectivity index (χ2v) is 4.72. The van der Waals surface area contributed by atoms with Crippen molar-refractivity contribution < 1.29 is 14.3 Å². The molecular formula is C11H15FN4O2. The van der Waals surface area contributed by atoms with Crippen LogP contribution in [-0.4, -0.2) is 34.8 Å². The summed E-state index contributed by atoms with van der Waals surface area (Å²) in [5.41, 5.74) is 5.67. The highest BCUT2D eigenvalue weighted by Crippen LogP contribution is 2.32. The standard InChI is InChI=1S/C11H15FN4O2/c1-11(15-10(17)18)2-3-16(6-11)9-7(12)4-14-5-8(9)13/h4-5,15H,2-3,6,13H2,1H3,(H,17,18). The highest BCUT2D eigenvalue weighted by molar-refractivity contribution is 5.69. The minimum Gasteiger partial charge on any atom is -0.465 e. The lowest BCUT2D eigenvalue weighted by Crippen LogP contribution is -2.47. The number of rotatable bonds is 2. The molecule has 98 valence electrons. The van der Waals surface area contributed by atoms with E-state index in [9.17, 15) is 9.18 Å². The summed E-state index contributed by atoms with van der Waals surface area (Å²) >= 11 is 0. The van der Waals surface area contributed by atoms with E-state index in [0.29, 0.717) is 25.2 Å². The monoisotopic (exact) mass is 254 g/mol. The number of nitrogens with one attached hydrogen (secondary N) is 1. The van der Waals surface area contributed by atoms with E-state index in [1.165, 1.54) is 6.20 Å². The Morgan fingerprint density at radius 3 is 3.00 bits per heavy atom. The number of hydrogen-bond donors (Lipinski definition) is 3. The molecule has 1 aromatic heterocycles. The number of nitrogen functional groups attached to an aromatic ring is 1. The normalized spacial score (nSPS) is 23.1. The van der Waals surface area contributed by atoms with E-state index in [0.717, 1.165) is 6.20 Å². The van der Waals surface area contributed by atoms with Crippen LogP contribution in [0.1, 0.15) is 13.3 Å². The molecule has 1 aliphatic heterocycles. The third kappa shape index (κ3) is 2.29. The number of nitrogens with zero attached hydrogens (tertiary/aromatic N) is 2. The van der Waals surface area contributed by atoms with Gasteiger partial charge in [0.05, 0.1) is 29.3 Å². The SMILES string of the molecule is CC1(NC(=O)O)CCN(c2c(N)cncc2F)C1. The number of nitrogens with two attached hydrogens (primary N) is 1. The fourth-order valence-corrected chi connectivity index (χ4v) is 2.29. The van der Waals surface area contributed by atoms with Crippen LogP contribution in [0.2, 0.25) is 0 Å². The molecule has 1 aliphatic rings. The third-order valence-corrected chi connectivity index (χ3v) is 3.10. The predicted molar refractivity (Wildman–Crippen MR) is 65.0 cm³/mol. The molecule has 1 unspecified atom stereocenters. The maximum atomic E-state index is 13.7. The van der Waals surface area contributed by atoms with E-state index in [4.69, 9.17) is 10.8 Å². The van der Waals surface area contributed by atoms with Gasteiger partial charge in [-0.3, -0.25) is 4.98 Å². The van der Waals surface area contributed by atoms with Gasteiger partial charge in [0.25, 0.3) is 0 Å². The lowest BCUT2D eigenvalue weighted by atomic mass is 10.0. The Morgan fingerprint density at radius 1 is 1.67 bits per heavy atom. The largest absolute Gasteiger partial charge is 0.465 e. The summed E-state index contributed by atoms with van der Waals surface area (Å²) in [6, 6.07) is 0. The zero-order valence-electron chi connectivity index (χ0n) is 9.98. The Labute approximate surface area is 104 Å². The van der Waals surface area contributed by atoms with E-state index in [-0.39, 0.29) is 5.69 Å². The van der Waals surface area contributed by atoms with Gasteiger partial charge in [-0.15, -0.1) is 0 Å². The summed E-state index contributed by atoms with van der Waals surface area (Å²) in [6.45, 7) is 2.71. The Morgan fingerprint density at radius 2 is 2.39 bits per heavy atom. The molecule has 1 atom stereocenters. The molecule has 18 heavy (non-hydrogen) atoms. The number of carbonyl (C=O) groups is 1. The zero-order valence-corrected chi connectivity index (χ0v) is 9.98. The number of halogens is 1. The average Bonchev–Trinajstić information content (AvgIpc) is 2.59. The first-order valence-corrected chi connectivity index (χ1v) is 5.56. The van der Waals surface area contributed by atoms with Gasteiger partial charge in [-0.1, -0.05) is 0 Å². The molecule has 1 amide bonds. The predicted octanol–water partition coefficient (Wildman–Crippen LogP) is 1.04. The van der Waals surface area contributed by atoms with E-state index in [1.807, 2.05) is 0 Å². The zero-order chi connectivity index (χ0) is 13.3. The van der Waals surface area contributed by atoms with Gasteiger partial charge < -0.3 is 21.1 Å². The Kier molecular flexibility index (Phi) is 2.98. The first-order chi connectivity index (χ1) is 8.41. The van der Waals surface area contributed by atoms with Crippen molar-refractivity contribution in [1.29, 1.82) is 0 Å². The van der Waals surface area contributed by atoms with Crippen molar-refractivity contribution >= 4 is 17.5 Å². The summed E-state index contributed by atoms with van der Waals surface area (Å²) in [5.74, 6) is -0.491. The van der Waals surface area contributed by atoms with Crippen molar-refractivity contribution in [3.63, 3.8) is 0 Å². The highest BCUT2D eigenvalue weighted by Gasteiger charge is 2.36. The summed E-state index contributed by atoms with van der Waals surface area (Å²) in [6.07, 6.45) is 2.01. The first-order valence-electron chi connectivity index (χ1n) is 5.56. The van der Waals surface area contributed by atoms with Gasteiger partial charge in [0.1, 0.15) is 0 Å². The smallest absolute Gasteiger partial charge is 0.405 e. The molecule has 7 heteroatoms. The first kappa shape index (κ1) is 12.4. The number of carboxylic acid groups (broad SMARTS) is 1. The third-order valence-electron chi connectivity index (χ3n) is 3.10. The van der Waals surface area contributed by atoms with E-state index in [2.05, 4.69) is 10.3 Å². The highest BCUT2D eigenvalue weighted by atomic mass is 19.1. The summed E-state index contributed by atoms with van der Waals surface area (Å²) in [5, 5.41) is 11.2. The van der Waals surface area contributed by atoms with Gasteiger partial charge in [-0.2, -0.15) is 0 Å². The molecule has 0 radical (unpaired) electrons. The van der Waals surface area contributed by atoms with Crippen LogP contribution in [0.25, 0.3) is 0 Å². The lowest BCUT2D eigenvalue weighted by Gasteiger charge is -2.26. The maximum absolute atomic E-state index is 13.7. The number of anilines is 2. The van der Waals surface area contributed by atoms with Crippen molar-refractivity contribution in [2.45, 2.75) is 18.9 Å². The van der Waals surface area contributed by atoms with Gasteiger partial charge >= 0.3 is 6.09 Å². The molecule has 0 aliphatic carbocycles. The molecule has 0 spiro atoms. The topological polar surface area (TPSA) is 91.5 Å². The Hall–Kier alpha value is -2.05. The van der Waals surface area contributed by atoms with Crippen LogP contribution in [0.5, 0.6) is 0 Å². The number of amides is 1. The number of aromatic nitrogens is 1. The molecular weight excluding hydrogens is 239 g/mol. The van der Waals surface area contributed by atoms with Crippen LogP contribution < -0.4 is 16.0 Å². The fraction of sp³-hybridized carbons (Fsp3) is 0.455. The number of pyridine rings is 1. The van der Waals surface area contributed by atoms with E-state index in [1.54, 1.807) is 11.8 Å². The van der Waals surface area contributed by atoms with Crippen molar-refractivity contribution in [3.8, 4) is 0 Å². The summed E-state index contributed by atoms with van der Waals surface area (Å²) in [4.78, 5) is 16.1. The van der Waals surface area contributed by atoms with Crippen LogP contribution >= 0.6 is 0 Å². The molecule has 2 rings (SSSR count). The Balaban J connectivity index is 2.21. The van der Waals surface area contributed by atoms with Crippen molar-refractivity contribution in [2.75, 3.05) is 23.7 Å². The quantitative estimate of drug-likeness (QED) is 0.733. The molecule has 1 saturated heterocycles. The van der Waals surface area contributed by atoms with Gasteiger partial charge in [-0.25, -0.2) is 9.18 Å². The van der Waals surface area contributed by atoms with Gasteiger partial charge in [0, 0.05) is 13.1 Å². The molecule has 1 fully saturated rings. The fourth-order valence-electron chi connectivity index (χ4n) is 2.29. The summed E-state index contributed by atoms with van der Waals surface area (Å²) < 4.78 is 13.7. The van der Waals surface area contributed by atoms with Crippen molar-refractivity contribution in [1.82, 2.24) is 10.3 Å². The van der Waals surface area contributed by atoms with Crippen molar-refractivity contribution in [3.05, 3.63) is 18.2 Å². The van der Waals surface area contributed by atoms with Crippen LogP contribution in [-0.2, 0) is 0 Å². The molecule has 0 aromatic carbocycles. The Bertz CT molecular complexity index is 462. The van der Waals surface area contributed by atoms with Crippen LogP contribution in [0, 0.1) is 5.82 Å². The van der Waals surface area contributed by atoms with Gasteiger partial charge in [0.2, 0.25) is 0 Å². The van der Waals surface area contributed by atoms with Gasteiger partial charge in [-0.05, 0) is 13.3 Å². The van der Waals surface area contributed by atoms with E-state index < -0.39 is 17.4 Å². The maximum Gasteiger partial charge on any atom is 0.405 e. The average molecular weight is 254 g/mol. The van der Waals surface area contributed by atoms with Gasteiger partial charge in [0.15, 0.2) is 5.82 Å². The van der Waals surface area contributed by atoms with Crippen LogP contribution in [0.4, 0.5) is 20.6 Å².